The van der Waals surface area contributed by atoms with Gasteiger partial charge in [-0.3, -0.25) is 9.59 Å². The molecule has 1 aromatic carbocycles. The Kier molecular flexibility index (Phi) is 6.53. The van der Waals surface area contributed by atoms with E-state index in [9.17, 15) is 14.7 Å². The number of aromatic nitrogens is 2. The normalized spacial score (nSPS) is 15.7. The molecule has 8 heteroatoms. The summed E-state index contributed by atoms with van der Waals surface area (Å²) in [4.78, 5) is 35.1. The lowest BCUT2D eigenvalue weighted by molar-refractivity contribution is -0.134. The molecule has 1 fully saturated rings. The minimum atomic E-state index is -0.686. The van der Waals surface area contributed by atoms with Crippen LogP contribution >= 0.6 is 11.6 Å². The fourth-order valence-corrected chi connectivity index (χ4v) is 4.14. The van der Waals surface area contributed by atoms with Crippen LogP contribution in [-0.4, -0.2) is 57.5 Å². The van der Waals surface area contributed by atoms with Gasteiger partial charge in [-0.1, -0.05) is 41.9 Å². The van der Waals surface area contributed by atoms with Gasteiger partial charge in [-0.05, 0) is 36.5 Å². The summed E-state index contributed by atoms with van der Waals surface area (Å²) in [5, 5.41) is 13.4. The van der Waals surface area contributed by atoms with Gasteiger partial charge in [0, 0.05) is 31.5 Å². The number of hydrogen-bond donors (Lipinski definition) is 3. The Morgan fingerprint density at radius 2 is 1.97 bits per heavy atom. The lowest BCUT2D eigenvalue weighted by Crippen LogP contribution is -2.52. The number of hydrogen-bond acceptors (Lipinski definition) is 4. The maximum atomic E-state index is 13.3. The van der Waals surface area contributed by atoms with Crippen LogP contribution in [0.5, 0.6) is 0 Å². The van der Waals surface area contributed by atoms with Crippen LogP contribution in [0.2, 0.25) is 5.15 Å². The van der Waals surface area contributed by atoms with Crippen LogP contribution in [0.4, 0.5) is 0 Å². The highest BCUT2D eigenvalue weighted by molar-refractivity contribution is 6.30. The second-order valence-corrected chi connectivity index (χ2v) is 8.33. The summed E-state index contributed by atoms with van der Waals surface area (Å²) >= 11 is 5.94. The Balaban J connectivity index is 1.53. The second-order valence-electron chi connectivity index (χ2n) is 7.94. The first-order valence-corrected chi connectivity index (χ1v) is 10.8. The fourth-order valence-electron chi connectivity index (χ4n) is 3.97. The molecule has 1 aliphatic rings. The number of rotatable bonds is 6. The minimum Gasteiger partial charge on any atom is -0.396 e. The third kappa shape index (κ3) is 5.06. The van der Waals surface area contributed by atoms with Crippen molar-refractivity contribution < 1.29 is 14.7 Å². The number of benzene rings is 1. The molecule has 2 aromatic heterocycles. The Hall–Kier alpha value is -2.90. The SMILES string of the molecule is O=C(N[C@@H](Cc1ccccc1)C(=O)N1CCC(CO)CC1)c1cc2cc(Cl)ncc2[nH]1. The number of nitrogens with one attached hydrogen (secondary N) is 2. The van der Waals surface area contributed by atoms with Crippen LogP contribution in [0.15, 0.2) is 48.7 Å². The van der Waals surface area contributed by atoms with Gasteiger partial charge >= 0.3 is 0 Å². The number of pyridine rings is 1. The molecular formula is C23H25ClN4O3. The van der Waals surface area contributed by atoms with E-state index in [-0.39, 0.29) is 24.3 Å². The first-order chi connectivity index (χ1) is 15.0. The Bertz CT molecular complexity index is 1060. The molecule has 162 valence electrons. The van der Waals surface area contributed by atoms with E-state index >= 15 is 0 Å². The summed E-state index contributed by atoms with van der Waals surface area (Å²) in [5.74, 6) is -0.223. The third-order valence-corrected chi connectivity index (χ3v) is 5.99. The van der Waals surface area contributed by atoms with Gasteiger partial charge in [0.05, 0.1) is 11.7 Å². The number of aliphatic hydroxyl groups is 1. The van der Waals surface area contributed by atoms with Crippen molar-refractivity contribution in [3.05, 3.63) is 65.1 Å². The van der Waals surface area contributed by atoms with Gasteiger partial charge in [-0.25, -0.2) is 4.98 Å². The lowest BCUT2D eigenvalue weighted by atomic mass is 9.96. The zero-order chi connectivity index (χ0) is 21.8. The van der Waals surface area contributed by atoms with Crippen molar-refractivity contribution in [3.8, 4) is 0 Å². The highest BCUT2D eigenvalue weighted by Crippen LogP contribution is 2.20. The molecule has 0 saturated carbocycles. The molecule has 3 N–H and O–H groups in total. The third-order valence-electron chi connectivity index (χ3n) is 5.79. The largest absolute Gasteiger partial charge is 0.396 e. The predicted octanol–water partition coefficient (Wildman–Crippen LogP) is 2.79. The second kappa shape index (κ2) is 9.49. The van der Waals surface area contributed by atoms with Crippen molar-refractivity contribution >= 4 is 34.3 Å². The minimum absolute atomic E-state index is 0.102. The molecule has 1 saturated heterocycles. The van der Waals surface area contributed by atoms with E-state index < -0.39 is 6.04 Å². The Morgan fingerprint density at radius 3 is 2.68 bits per heavy atom. The van der Waals surface area contributed by atoms with Crippen molar-refractivity contribution in [2.24, 2.45) is 5.92 Å². The predicted molar refractivity (Wildman–Crippen MR) is 119 cm³/mol. The Morgan fingerprint density at radius 1 is 1.23 bits per heavy atom. The average Bonchev–Trinajstić information content (AvgIpc) is 3.22. The molecule has 1 atom stereocenters. The number of nitrogens with zero attached hydrogens (tertiary/aromatic N) is 2. The number of carbonyl (C=O) groups excluding carboxylic acids is 2. The highest BCUT2D eigenvalue weighted by Gasteiger charge is 2.30. The molecule has 0 aliphatic carbocycles. The number of halogens is 1. The summed E-state index contributed by atoms with van der Waals surface area (Å²) < 4.78 is 0. The van der Waals surface area contributed by atoms with Crippen molar-refractivity contribution in [3.63, 3.8) is 0 Å². The number of piperidine rings is 1. The van der Waals surface area contributed by atoms with Crippen LogP contribution in [-0.2, 0) is 11.2 Å². The molecule has 4 rings (SSSR count). The van der Waals surface area contributed by atoms with Crippen LogP contribution in [0.3, 0.4) is 0 Å². The summed E-state index contributed by atoms with van der Waals surface area (Å²) in [6.07, 6.45) is 3.51. The van der Waals surface area contributed by atoms with Crippen LogP contribution < -0.4 is 5.32 Å². The molecule has 0 spiro atoms. The number of carbonyl (C=O) groups is 2. The maximum Gasteiger partial charge on any atom is 0.268 e. The number of aliphatic hydroxyl groups excluding tert-OH is 1. The number of aromatic amines is 1. The van der Waals surface area contributed by atoms with Crippen molar-refractivity contribution in [2.45, 2.75) is 25.3 Å². The summed E-state index contributed by atoms with van der Waals surface area (Å²) in [5.41, 5.74) is 2.02. The van der Waals surface area contributed by atoms with E-state index in [0.717, 1.165) is 23.8 Å². The molecule has 3 aromatic rings. The molecule has 31 heavy (non-hydrogen) atoms. The van der Waals surface area contributed by atoms with Crippen molar-refractivity contribution in [1.29, 1.82) is 0 Å². The van der Waals surface area contributed by atoms with E-state index in [0.29, 0.717) is 35.9 Å². The van der Waals surface area contributed by atoms with E-state index in [2.05, 4.69) is 15.3 Å². The summed E-state index contributed by atoms with van der Waals surface area (Å²) in [6.45, 7) is 1.31. The van der Waals surface area contributed by atoms with Gasteiger partial charge in [0.25, 0.3) is 5.91 Å². The molecular weight excluding hydrogens is 416 g/mol. The first-order valence-electron chi connectivity index (χ1n) is 10.4. The molecule has 3 heterocycles. The van der Waals surface area contributed by atoms with Gasteiger partial charge in [0.1, 0.15) is 16.9 Å². The topological polar surface area (TPSA) is 98.3 Å². The quantitative estimate of drug-likeness (QED) is 0.513. The maximum absolute atomic E-state index is 13.3. The summed E-state index contributed by atoms with van der Waals surface area (Å²) in [6, 6.07) is 12.3. The lowest BCUT2D eigenvalue weighted by Gasteiger charge is -2.34. The van der Waals surface area contributed by atoms with E-state index in [1.807, 2.05) is 30.3 Å². The molecule has 2 amide bonds. The van der Waals surface area contributed by atoms with Gasteiger partial charge in [-0.15, -0.1) is 0 Å². The van der Waals surface area contributed by atoms with Crippen LogP contribution in [0.25, 0.3) is 10.9 Å². The van der Waals surface area contributed by atoms with Crippen LogP contribution in [0.1, 0.15) is 28.9 Å². The molecule has 1 aliphatic heterocycles. The van der Waals surface area contributed by atoms with Crippen molar-refractivity contribution in [2.75, 3.05) is 19.7 Å². The Labute approximate surface area is 185 Å². The number of fused-ring (bicyclic) bond motifs is 1. The number of H-pyrrole nitrogens is 1. The standard InChI is InChI=1S/C23H25ClN4O3/c24-21-12-17-11-18(26-20(17)13-25-21)22(30)27-19(10-15-4-2-1-3-5-15)23(31)28-8-6-16(14-29)7-9-28/h1-5,11-13,16,19,26,29H,6-10,14H2,(H,27,30)/t19-/m0/s1. The van der Waals surface area contributed by atoms with Crippen LogP contribution in [0, 0.1) is 5.92 Å². The fraction of sp³-hybridized carbons (Fsp3) is 0.348. The van der Waals surface area contributed by atoms with E-state index in [1.165, 1.54) is 0 Å². The number of amides is 2. The zero-order valence-corrected chi connectivity index (χ0v) is 17.8. The van der Waals surface area contributed by atoms with Gasteiger partial charge in [-0.2, -0.15) is 0 Å². The smallest absolute Gasteiger partial charge is 0.268 e. The molecule has 7 nitrogen and oxygen atoms in total. The van der Waals surface area contributed by atoms with Gasteiger partial charge in [0.2, 0.25) is 5.91 Å². The molecule has 0 radical (unpaired) electrons. The average molecular weight is 441 g/mol. The molecule has 0 bridgehead atoms. The number of likely N-dealkylation sites (tertiary alicyclic amines) is 1. The molecule has 0 unspecified atom stereocenters. The van der Waals surface area contributed by atoms with E-state index in [1.54, 1.807) is 23.2 Å². The van der Waals surface area contributed by atoms with Gasteiger partial charge in [0.15, 0.2) is 0 Å². The van der Waals surface area contributed by atoms with E-state index in [4.69, 9.17) is 11.6 Å². The highest BCUT2D eigenvalue weighted by atomic mass is 35.5. The first kappa shape index (κ1) is 21.3. The van der Waals surface area contributed by atoms with Gasteiger partial charge < -0.3 is 20.3 Å². The summed E-state index contributed by atoms with van der Waals surface area (Å²) in [7, 11) is 0. The van der Waals surface area contributed by atoms with Crippen molar-refractivity contribution in [1.82, 2.24) is 20.2 Å². The monoisotopic (exact) mass is 440 g/mol. The zero-order valence-electron chi connectivity index (χ0n) is 17.1.